The van der Waals surface area contributed by atoms with Crippen LogP contribution >= 0.6 is 11.6 Å². The number of hydrogen-bond donors (Lipinski definition) is 1. The molecule has 1 unspecified atom stereocenters. The van der Waals surface area contributed by atoms with Gasteiger partial charge >= 0.3 is 11.9 Å². The summed E-state index contributed by atoms with van der Waals surface area (Å²) in [5.41, 5.74) is 4.09. The van der Waals surface area contributed by atoms with Crippen LogP contribution in [0.3, 0.4) is 0 Å². The number of halogens is 1. The Morgan fingerprint density at radius 2 is 1.57 bits per heavy atom. The fourth-order valence-corrected chi connectivity index (χ4v) is 5.66. The van der Waals surface area contributed by atoms with Gasteiger partial charge < -0.3 is 19.7 Å². The predicted octanol–water partition coefficient (Wildman–Crippen LogP) is 5.56. The van der Waals surface area contributed by atoms with Gasteiger partial charge in [0.25, 0.3) is 0 Å². The van der Waals surface area contributed by atoms with Crippen LogP contribution in [0.2, 0.25) is 5.02 Å². The monoisotopic (exact) mass is 522 g/mol. The van der Waals surface area contributed by atoms with E-state index in [0.717, 1.165) is 38.9 Å². The van der Waals surface area contributed by atoms with E-state index in [1.807, 2.05) is 25.1 Å². The molecule has 0 bridgehead atoms. The molecule has 6 nitrogen and oxygen atoms in total. The summed E-state index contributed by atoms with van der Waals surface area (Å²) in [6.45, 7) is 6.88. The first-order valence-electron chi connectivity index (χ1n) is 12.9. The molecule has 7 heteroatoms. The minimum absolute atomic E-state index is 0.305. The van der Waals surface area contributed by atoms with Crippen molar-refractivity contribution in [2.24, 2.45) is 0 Å². The number of hydrogen-bond acceptors (Lipinski definition) is 6. The van der Waals surface area contributed by atoms with Crippen LogP contribution in [0.15, 0.2) is 77.1 Å². The van der Waals surface area contributed by atoms with Crippen molar-refractivity contribution in [2.75, 3.05) is 33.4 Å². The number of allylic oxidation sites excluding steroid dienone is 2. The molecule has 0 aliphatic carbocycles. The molecule has 2 aromatic carbocycles. The van der Waals surface area contributed by atoms with Crippen LogP contribution in [0, 0.1) is 0 Å². The number of dihydropyridines is 1. The summed E-state index contributed by atoms with van der Waals surface area (Å²) < 4.78 is 10.8. The van der Waals surface area contributed by atoms with Gasteiger partial charge in [-0.2, -0.15) is 0 Å². The number of esters is 2. The number of nitrogens with zero attached hydrogens (tertiary/aromatic N) is 1. The second-order valence-corrected chi connectivity index (χ2v) is 10.1. The molecular weight excluding hydrogens is 488 g/mol. The number of ether oxygens (including phenoxy) is 2. The molecule has 1 N–H and O–H groups in total. The van der Waals surface area contributed by atoms with Crippen molar-refractivity contribution in [1.82, 2.24) is 10.2 Å². The Kier molecular flexibility index (Phi) is 9.06. The van der Waals surface area contributed by atoms with Gasteiger partial charge in [-0.3, -0.25) is 0 Å². The highest BCUT2D eigenvalue weighted by Crippen LogP contribution is 2.41. The normalized spacial score (nSPS) is 19.0. The van der Waals surface area contributed by atoms with Crippen LogP contribution in [0.5, 0.6) is 0 Å². The SMILES string of the molecule is COC(=O)C1=C(C)NC(C)=C(C(=O)OCCCN2CCC(c3ccccc3)CC2)C1c1ccccc1Cl. The van der Waals surface area contributed by atoms with Gasteiger partial charge in [-0.05, 0) is 69.3 Å². The fourth-order valence-electron chi connectivity index (χ4n) is 5.41. The van der Waals surface area contributed by atoms with E-state index in [2.05, 4.69) is 40.5 Å². The zero-order valence-electron chi connectivity index (χ0n) is 21.8. The van der Waals surface area contributed by atoms with Crippen molar-refractivity contribution >= 4 is 23.5 Å². The molecule has 1 atom stereocenters. The van der Waals surface area contributed by atoms with E-state index in [-0.39, 0.29) is 0 Å². The third-order valence-corrected chi connectivity index (χ3v) is 7.66. The van der Waals surface area contributed by atoms with Crippen LogP contribution in [0.4, 0.5) is 0 Å². The zero-order chi connectivity index (χ0) is 26.4. The summed E-state index contributed by atoms with van der Waals surface area (Å²) in [4.78, 5) is 28.6. The van der Waals surface area contributed by atoms with Gasteiger partial charge in [0.1, 0.15) is 0 Å². The second-order valence-electron chi connectivity index (χ2n) is 9.66. The average Bonchev–Trinajstić information content (AvgIpc) is 2.91. The first-order chi connectivity index (χ1) is 17.9. The first-order valence-corrected chi connectivity index (χ1v) is 13.2. The van der Waals surface area contributed by atoms with Crippen molar-refractivity contribution in [2.45, 2.75) is 44.9 Å². The molecule has 2 aliphatic rings. The van der Waals surface area contributed by atoms with E-state index in [9.17, 15) is 9.59 Å². The number of piperidine rings is 1. The summed E-state index contributed by atoms with van der Waals surface area (Å²) in [5.74, 6) is -1.02. The average molecular weight is 523 g/mol. The molecule has 2 aromatic rings. The Hall–Kier alpha value is -3.09. The van der Waals surface area contributed by atoms with Crippen molar-refractivity contribution < 1.29 is 19.1 Å². The Bertz CT molecular complexity index is 1180. The van der Waals surface area contributed by atoms with E-state index in [1.54, 1.807) is 13.0 Å². The van der Waals surface area contributed by atoms with Crippen LogP contribution in [-0.4, -0.2) is 50.2 Å². The molecule has 0 saturated carbocycles. The van der Waals surface area contributed by atoms with Gasteiger partial charge in [-0.1, -0.05) is 60.1 Å². The molecule has 0 radical (unpaired) electrons. The summed E-state index contributed by atoms with van der Waals surface area (Å²) in [7, 11) is 1.33. The smallest absolute Gasteiger partial charge is 0.336 e. The van der Waals surface area contributed by atoms with E-state index in [0.29, 0.717) is 45.7 Å². The number of nitrogens with one attached hydrogen (secondary N) is 1. The van der Waals surface area contributed by atoms with Crippen LogP contribution in [0.25, 0.3) is 0 Å². The number of likely N-dealkylation sites (tertiary alicyclic amines) is 1. The molecule has 196 valence electrons. The van der Waals surface area contributed by atoms with Gasteiger partial charge in [0, 0.05) is 23.0 Å². The summed E-state index contributed by atoms with van der Waals surface area (Å²) >= 11 is 6.52. The molecule has 1 fully saturated rings. The molecule has 2 heterocycles. The largest absolute Gasteiger partial charge is 0.466 e. The number of carbonyl (C=O) groups excluding carboxylic acids is 2. The molecular formula is C30H35ClN2O4. The highest BCUT2D eigenvalue weighted by Gasteiger charge is 2.38. The van der Waals surface area contributed by atoms with Crippen LogP contribution < -0.4 is 5.32 Å². The Morgan fingerprint density at radius 3 is 2.22 bits per heavy atom. The molecule has 0 aromatic heterocycles. The quantitative estimate of drug-likeness (QED) is 0.361. The topological polar surface area (TPSA) is 67.9 Å². The first kappa shape index (κ1) is 27.0. The number of methoxy groups -OCH3 is 1. The van der Waals surface area contributed by atoms with Crippen molar-refractivity contribution in [3.63, 3.8) is 0 Å². The van der Waals surface area contributed by atoms with Gasteiger partial charge in [0.05, 0.1) is 30.8 Å². The van der Waals surface area contributed by atoms with Crippen LogP contribution in [0.1, 0.15) is 56.1 Å². The Balaban J connectivity index is 1.38. The third kappa shape index (κ3) is 6.25. The zero-order valence-corrected chi connectivity index (χ0v) is 22.5. The standard InChI is InChI=1S/C30H35ClN2O4/c1-20-26(29(34)36-3)28(24-12-7-8-13-25(24)31)27(21(2)32-20)30(35)37-19-9-16-33-17-14-23(15-18-33)22-10-5-4-6-11-22/h4-8,10-13,23,28,32H,9,14-19H2,1-3H3. The lowest BCUT2D eigenvalue weighted by atomic mass is 9.80. The van der Waals surface area contributed by atoms with E-state index < -0.39 is 17.9 Å². The Morgan fingerprint density at radius 1 is 0.946 bits per heavy atom. The van der Waals surface area contributed by atoms with Gasteiger partial charge in [-0.15, -0.1) is 0 Å². The third-order valence-electron chi connectivity index (χ3n) is 7.31. The molecule has 4 rings (SSSR count). The molecule has 1 saturated heterocycles. The van der Waals surface area contributed by atoms with Crippen molar-refractivity contribution in [1.29, 1.82) is 0 Å². The van der Waals surface area contributed by atoms with Gasteiger partial charge in [0.15, 0.2) is 0 Å². The predicted molar refractivity (Wildman–Crippen MR) is 145 cm³/mol. The Labute approximate surface area is 224 Å². The minimum atomic E-state index is -0.674. The van der Waals surface area contributed by atoms with Crippen LogP contribution in [-0.2, 0) is 19.1 Å². The van der Waals surface area contributed by atoms with Crippen molar-refractivity contribution in [3.05, 3.63) is 93.3 Å². The lowest BCUT2D eigenvalue weighted by Gasteiger charge is -2.32. The highest BCUT2D eigenvalue weighted by atomic mass is 35.5. The van der Waals surface area contributed by atoms with Crippen molar-refractivity contribution in [3.8, 4) is 0 Å². The maximum atomic E-state index is 13.4. The minimum Gasteiger partial charge on any atom is -0.466 e. The number of carbonyl (C=O) groups is 2. The van der Waals surface area contributed by atoms with Gasteiger partial charge in [-0.25, -0.2) is 9.59 Å². The summed E-state index contributed by atoms with van der Waals surface area (Å²) in [5, 5.41) is 3.63. The molecule has 37 heavy (non-hydrogen) atoms. The second kappa shape index (κ2) is 12.4. The summed E-state index contributed by atoms with van der Waals surface area (Å²) in [6.07, 6.45) is 3.03. The summed E-state index contributed by atoms with van der Waals surface area (Å²) in [6, 6.07) is 17.9. The van der Waals surface area contributed by atoms with E-state index >= 15 is 0 Å². The maximum absolute atomic E-state index is 13.4. The molecule has 0 spiro atoms. The highest BCUT2D eigenvalue weighted by molar-refractivity contribution is 6.31. The van der Waals surface area contributed by atoms with E-state index in [1.165, 1.54) is 12.7 Å². The maximum Gasteiger partial charge on any atom is 0.336 e. The van der Waals surface area contributed by atoms with Gasteiger partial charge in [0.2, 0.25) is 0 Å². The lowest BCUT2D eigenvalue weighted by molar-refractivity contribution is -0.139. The number of rotatable bonds is 8. The molecule has 0 amide bonds. The fraction of sp³-hybridized carbons (Fsp3) is 0.400. The number of benzene rings is 2. The lowest BCUT2D eigenvalue weighted by Crippen LogP contribution is -2.34. The molecule has 2 aliphatic heterocycles. The van der Waals surface area contributed by atoms with E-state index in [4.69, 9.17) is 21.1 Å².